The maximum Gasteiger partial charge on any atom is 0.290 e. The molecule has 1 atom stereocenters. The molecule has 2 saturated heterocycles. The number of imide groups is 1. The van der Waals surface area contributed by atoms with Gasteiger partial charge in [-0.05, 0) is 59.7 Å². The monoisotopic (exact) mass is 410 g/mol. The molecule has 0 aliphatic carbocycles. The van der Waals surface area contributed by atoms with Crippen LogP contribution in [0.1, 0.15) is 11.1 Å². The van der Waals surface area contributed by atoms with Gasteiger partial charge in [-0.3, -0.25) is 19.7 Å². The summed E-state index contributed by atoms with van der Waals surface area (Å²) in [6, 6.07) is 14.9. The molecule has 0 spiro atoms. The van der Waals surface area contributed by atoms with E-state index in [1.807, 2.05) is 36.4 Å². The minimum atomic E-state index is -0.375. The van der Waals surface area contributed by atoms with Crippen LogP contribution < -0.4 is 15.4 Å². The molecule has 0 aromatic heterocycles. The second-order valence-corrected chi connectivity index (χ2v) is 7.67. The van der Waals surface area contributed by atoms with Crippen LogP contribution in [0, 0.1) is 0 Å². The number of carbonyl (C=O) groups excluding carboxylic acids is 3. The number of ether oxygens (including phenoxy) is 2. The minimum Gasteiger partial charge on any atom is -0.457 e. The fraction of sp³-hybridized carbons (Fsp3) is 0.190. The average molecular weight is 410 g/mol. The van der Waals surface area contributed by atoms with Gasteiger partial charge in [0.1, 0.15) is 18.1 Å². The first kappa shape index (κ1) is 19.2. The minimum absolute atomic E-state index is 0.0138. The standard InChI is InChI=1S/C21H18N2O5S/c24-19-12-27-11-15(22-19)9-13-1-5-16(6-2-13)28-17-7-3-14(4-8-17)10-18-20(25)23-21(26)29-18/h1-8,10,15H,9,11-12H2,(H,22,24)(H,23,25,26)/b18-10+. The predicted octanol–water partition coefficient (Wildman–Crippen LogP) is 2.86. The second-order valence-electron chi connectivity index (χ2n) is 6.65. The van der Waals surface area contributed by atoms with Crippen LogP contribution in [0.5, 0.6) is 11.5 Å². The van der Waals surface area contributed by atoms with Crippen molar-refractivity contribution < 1.29 is 23.9 Å². The predicted molar refractivity (Wildman–Crippen MR) is 109 cm³/mol. The first-order valence-electron chi connectivity index (χ1n) is 9.04. The molecule has 0 saturated carbocycles. The Kier molecular flexibility index (Phi) is 5.64. The maximum atomic E-state index is 11.6. The third-order valence-electron chi connectivity index (χ3n) is 4.38. The smallest absolute Gasteiger partial charge is 0.290 e. The SMILES string of the molecule is O=C1COCC(Cc2ccc(Oc3ccc(/C=C4/SC(=O)NC4=O)cc3)cc2)N1. The number of nitrogens with one attached hydrogen (secondary N) is 2. The summed E-state index contributed by atoms with van der Waals surface area (Å²) in [5.74, 6) is 0.895. The van der Waals surface area contributed by atoms with E-state index in [2.05, 4.69) is 10.6 Å². The van der Waals surface area contributed by atoms with Crippen molar-refractivity contribution in [3.63, 3.8) is 0 Å². The summed E-state index contributed by atoms with van der Waals surface area (Å²) in [6.07, 6.45) is 2.36. The highest BCUT2D eigenvalue weighted by atomic mass is 32.2. The van der Waals surface area contributed by atoms with Crippen molar-refractivity contribution in [3.05, 3.63) is 64.6 Å². The zero-order chi connectivity index (χ0) is 20.2. The van der Waals surface area contributed by atoms with Gasteiger partial charge in [0, 0.05) is 0 Å². The summed E-state index contributed by atoms with van der Waals surface area (Å²) in [6.45, 7) is 0.643. The fourth-order valence-corrected chi connectivity index (χ4v) is 3.72. The molecule has 2 aromatic carbocycles. The molecule has 1 unspecified atom stereocenters. The van der Waals surface area contributed by atoms with Gasteiger partial charge in [0.25, 0.3) is 11.1 Å². The van der Waals surface area contributed by atoms with Crippen LogP contribution in [0.15, 0.2) is 53.4 Å². The van der Waals surface area contributed by atoms with E-state index in [1.54, 1.807) is 18.2 Å². The molecule has 2 heterocycles. The topological polar surface area (TPSA) is 93.7 Å². The number of hydrogen-bond donors (Lipinski definition) is 2. The lowest BCUT2D eigenvalue weighted by Crippen LogP contribution is -2.46. The molecule has 29 heavy (non-hydrogen) atoms. The summed E-state index contributed by atoms with van der Waals surface area (Å²) < 4.78 is 11.1. The van der Waals surface area contributed by atoms with Crippen LogP contribution in [0.3, 0.4) is 0 Å². The zero-order valence-electron chi connectivity index (χ0n) is 15.3. The van der Waals surface area contributed by atoms with E-state index in [9.17, 15) is 14.4 Å². The summed E-state index contributed by atoms with van der Waals surface area (Å²) in [5, 5.41) is 4.78. The van der Waals surface area contributed by atoms with Crippen LogP contribution in [-0.2, 0) is 20.7 Å². The van der Waals surface area contributed by atoms with Gasteiger partial charge in [0.15, 0.2) is 0 Å². The zero-order valence-corrected chi connectivity index (χ0v) is 16.2. The van der Waals surface area contributed by atoms with Gasteiger partial charge in [-0.15, -0.1) is 0 Å². The van der Waals surface area contributed by atoms with E-state index in [-0.39, 0.29) is 29.7 Å². The number of morpholine rings is 1. The highest BCUT2D eigenvalue weighted by Gasteiger charge is 2.24. The van der Waals surface area contributed by atoms with Gasteiger partial charge >= 0.3 is 0 Å². The van der Waals surface area contributed by atoms with Crippen molar-refractivity contribution in [3.8, 4) is 11.5 Å². The van der Waals surface area contributed by atoms with Crippen LogP contribution in [-0.4, -0.2) is 36.3 Å². The van der Waals surface area contributed by atoms with Gasteiger partial charge in [-0.2, -0.15) is 0 Å². The molecular weight excluding hydrogens is 392 g/mol. The van der Waals surface area contributed by atoms with E-state index in [4.69, 9.17) is 9.47 Å². The van der Waals surface area contributed by atoms with Crippen molar-refractivity contribution in [1.82, 2.24) is 10.6 Å². The first-order chi connectivity index (χ1) is 14.0. The number of carbonyl (C=O) groups is 3. The van der Waals surface area contributed by atoms with E-state index in [0.29, 0.717) is 29.4 Å². The van der Waals surface area contributed by atoms with Gasteiger partial charge in [-0.25, -0.2) is 0 Å². The van der Waals surface area contributed by atoms with Gasteiger partial charge in [0.05, 0.1) is 17.6 Å². The maximum absolute atomic E-state index is 11.6. The van der Waals surface area contributed by atoms with Crippen LogP contribution >= 0.6 is 11.8 Å². The molecule has 2 aliphatic rings. The molecule has 148 valence electrons. The van der Waals surface area contributed by atoms with Crippen molar-refractivity contribution in [2.24, 2.45) is 0 Å². The van der Waals surface area contributed by atoms with Crippen molar-refractivity contribution >= 4 is 34.9 Å². The number of benzene rings is 2. The largest absolute Gasteiger partial charge is 0.457 e. The summed E-state index contributed by atoms with van der Waals surface area (Å²) in [4.78, 5) is 34.6. The molecule has 2 N–H and O–H groups in total. The Morgan fingerprint density at radius 2 is 1.72 bits per heavy atom. The van der Waals surface area contributed by atoms with Gasteiger partial charge < -0.3 is 14.8 Å². The van der Waals surface area contributed by atoms with Crippen molar-refractivity contribution in [2.45, 2.75) is 12.5 Å². The van der Waals surface area contributed by atoms with Gasteiger partial charge in [0.2, 0.25) is 5.91 Å². The summed E-state index contributed by atoms with van der Waals surface area (Å²) in [7, 11) is 0. The molecule has 0 bridgehead atoms. The van der Waals surface area contributed by atoms with E-state index >= 15 is 0 Å². The molecule has 2 aliphatic heterocycles. The second kappa shape index (κ2) is 8.50. The van der Waals surface area contributed by atoms with E-state index in [0.717, 1.165) is 22.9 Å². The quantitative estimate of drug-likeness (QED) is 0.737. The van der Waals surface area contributed by atoms with Crippen LogP contribution in [0.25, 0.3) is 6.08 Å². The third-order valence-corrected chi connectivity index (χ3v) is 5.19. The molecule has 2 fully saturated rings. The number of amides is 3. The lowest BCUT2D eigenvalue weighted by atomic mass is 10.1. The molecule has 4 rings (SSSR count). The fourth-order valence-electron chi connectivity index (χ4n) is 3.03. The highest BCUT2D eigenvalue weighted by Crippen LogP contribution is 2.27. The average Bonchev–Trinajstić information content (AvgIpc) is 3.02. The normalized spacial score (nSPS) is 20.5. The molecule has 7 nitrogen and oxygen atoms in total. The molecule has 8 heteroatoms. The Morgan fingerprint density at radius 1 is 1.03 bits per heavy atom. The summed E-state index contributed by atoms with van der Waals surface area (Å²) >= 11 is 0.888. The van der Waals surface area contributed by atoms with Crippen LogP contribution in [0.4, 0.5) is 4.79 Å². The molecule has 0 radical (unpaired) electrons. The number of rotatable bonds is 5. The number of hydrogen-bond acceptors (Lipinski definition) is 6. The Hall–Kier alpha value is -3.10. The Balaban J connectivity index is 1.35. The molecule has 2 aromatic rings. The number of thioether (sulfide) groups is 1. The third kappa shape index (κ3) is 5.04. The summed E-state index contributed by atoms with van der Waals surface area (Å²) in [5.41, 5.74) is 1.88. The van der Waals surface area contributed by atoms with Crippen molar-refractivity contribution in [1.29, 1.82) is 0 Å². The van der Waals surface area contributed by atoms with Gasteiger partial charge in [-0.1, -0.05) is 24.3 Å². The van der Waals surface area contributed by atoms with Crippen molar-refractivity contribution in [2.75, 3.05) is 13.2 Å². The Bertz CT molecular complexity index is 970. The highest BCUT2D eigenvalue weighted by molar-refractivity contribution is 8.18. The Morgan fingerprint density at radius 3 is 2.34 bits per heavy atom. The van der Waals surface area contributed by atoms with E-state index < -0.39 is 0 Å². The van der Waals surface area contributed by atoms with E-state index in [1.165, 1.54) is 0 Å². The first-order valence-corrected chi connectivity index (χ1v) is 9.86. The lowest BCUT2D eigenvalue weighted by molar-refractivity contribution is -0.131. The molecule has 3 amide bonds. The molecular formula is C21H18N2O5S. The van der Waals surface area contributed by atoms with Crippen LogP contribution in [0.2, 0.25) is 0 Å². The Labute approximate surface area is 171 Å². The lowest BCUT2D eigenvalue weighted by Gasteiger charge is -2.23.